The van der Waals surface area contributed by atoms with Crippen molar-refractivity contribution in [1.82, 2.24) is 10.4 Å². The normalized spacial score (nSPS) is 14.8. The topological polar surface area (TPSA) is 128 Å². The number of ether oxygens (including phenoxy) is 2. The largest absolute Gasteiger partial charge is 0.460 e. The Bertz CT molecular complexity index is 800. The SMILES string of the molecule is CC(C)(C)OC(=O)C[C@H](NC(=O)OCc1ccccc1)C(=O)ON1C(=O)CCC1=O. The second kappa shape index (κ2) is 9.86. The molecule has 0 bridgehead atoms. The Balaban J connectivity index is 2.02. The maximum atomic E-state index is 12.5. The first-order valence-electron chi connectivity index (χ1n) is 9.32. The van der Waals surface area contributed by atoms with Crippen LogP contribution in [0.1, 0.15) is 45.6 Å². The van der Waals surface area contributed by atoms with Crippen LogP contribution in [0.15, 0.2) is 30.3 Å². The second-order valence-corrected chi connectivity index (χ2v) is 7.54. The van der Waals surface area contributed by atoms with Crippen LogP contribution in [0.25, 0.3) is 0 Å². The molecule has 1 saturated heterocycles. The van der Waals surface area contributed by atoms with Gasteiger partial charge in [0, 0.05) is 12.8 Å². The standard InChI is InChI=1S/C20H24N2O8/c1-20(2,3)29-17(25)11-14(18(26)30-22-15(23)9-10-16(22)24)21-19(27)28-12-13-7-5-4-6-8-13/h4-8,14H,9-12H2,1-3H3,(H,21,27)/t14-/m0/s1. The number of carbonyl (C=O) groups excluding carboxylic acids is 5. The highest BCUT2D eigenvalue weighted by atomic mass is 16.7. The van der Waals surface area contributed by atoms with Crippen LogP contribution in [0.5, 0.6) is 0 Å². The van der Waals surface area contributed by atoms with Crippen molar-refractivity contribution in [3.63, 3.8) is 0 Å². The fourth-order valence-electron chi connectivity index (χ4n) is 2.46. The lowest BCUT2D eigenvalue weighted by molar-refractivity contribution is -0.199. The summed E-state index contributed by atoms with van der Waals surface area (Å²) in [6, 6.07) is 7.29. The number of nitrogens with one attached hydrogen (secondary N) is 1. The van der Waals surface area contributed by atoms with Crippen molar-refractivity contribution < 1.29 is 38.3 Å². The number of alkyl carbamates (subject to hydrolysis) is 1. The Hall–Kier alpha value is -3.43. The van der Waals surface area contributed by atoms with E-state index in [9.17, 15) is 24.0 Å². The monoisotopic (exact) mass is 420 g/mol. The van der Waals surface area contributed by atoms with Crippen molar-refractivity contribution >= 4 is 29.8 Å². The van der Waals surface area contributed by atoms with Gasteiger partial charge in [-0.2, -0.15) is 0 Å². The molecular formula is C20H24N2O8. The van der Waals surface area contributed by atoms with Gasteiger partial charge >= 0.3 is 18.0 Å². The molecule has 30 heavy (non-hydrogen) atoms. The van der Waals surface area contributed by atoms with Crippen LogP contribution in [-0.4, -0.2) is 46.6 Å². The van der Waals surface area contributed by atoms with Gasteiger partial charge < -0.3 is 19.6 Å². The number of amides is 3. The van der Waals surface area contributed by atoms with Crippen molar-refractivity contribution in [3.05, 3.63) is 35.9 Å². The van der Waals surface area contributed by atoms with Crippen molar-refractivity contribution in [2.45, 2.75) is 58.3 Å². The van der Waals surface area contributed by atoms with Gasteiger partial charge in [0.05, 0.1) is 6.42 Å². The van der Waals surface area contributed by atoms with Crippen molar-refractivity contribution in [2.24, 2.45) is 0 Å². The molecule has 1 aliphatic rings. The number of benzene rings is 1. The second-order valence-electron chi connectivity index (χ2n) is 7.54. The van der Waals surface area contributed by atoms with Gasteiger partial charge in [-0.3, -0.25) is 14.4 Å². The molecular weight excluding hydrogens is 396 g/mol. The van der Waals surface area contributed by atoms with Crippen LogP contribution in [0.2, 0.25) is 0 Å². The molecule has 0 unspecified atom stereocenters. The smallest absolute Gasteiger partial charge is 0.408 e. The Morgan fingerprint density at radius 2 is 1.67 bits per heavy atom. The van der Waals surface area contributed by atoms with Crippen LogP contribution in [0.3, 0.4) is 0 Å². The van der Waals surface area contributed by atoms with Gasteiger partial charge in [0.2, 0.25) is 0 Å². The third-order valence-electron chi connectivity index (χ3n) is 3.77. The summed E-state index contributed by atoms with van der Waals surface area (Å²) >= 11 is 0. The summed E-state index contributed by atoms with van der Waals surface area (Å²) < 4.78 is 10.2. The summed E-state index contributed by atoms with van der Waals surface area (Å²) in [5, 5.41) is 2.56. The Kier molecular flexibility index (Phi) is 7.51. The number of carbonyl (C=O) groups is 5. The van der Waals surface area contributed by atoms with Gasteiger partial charge in [0.15, 0.2) is 0 Å². The summed E-state index contributed by atoms with van der Waals surface area (Å²) in [4.78, 5) is 64.8. The molecule has 0 aliphatic carbocycles. The summed E-state index contributed by atoms with van der Waals surface area (Å²) in [7, 11) is 0. The summed E-state index contributed by atoms with van der Waals surface area (Å²) in [5.74, 6) is -3.32. The van der Waals surface area contributed by atoms with E-state index in [1.165, 1.54) is 0 Å². The van der Waals surface area contributed by atoms with E-state index in [1.807, 2.05) is 0 Å². The zero-order valence-electron chi connectivity index (χ0n) is 17.0. The molecule has 0 radical (unpaired) electrons. The van der Waals surface area contributed by atoms with Gasteiger partial charge in [-0.1, -0.05) is 30.3 Å². The molecule has 1 fully saturated rings. The minimum atomic E-state index is -1.52. The average molecular weight is 420 g/mol. The minimum Gasteiger partial charge on any atom is -0.460 e. The highest BCUT2D eigenvalue weighted by Crippen LogP contribution is 2.15. The van der Waals surface area contributed by atoms with Gasteiger partial charge in [-0.25, -0.2) is 9.59 Å². The highest BCUT2D eigenvalue weighted by Gasteiger charge is 2.36. The number of nitrogens with zero attached hydrogens (tertiary/aromatic N) is 1. The first kappa shape index (κ1) is 22.9. The molecule has 0 aromatic heterocycles. The first-order chi connectivity index (χ1) is 14.0. The molecule has 0 saturated carbocycles. The lowest BCUT2D eigenvalue weighted by Gasteiger charge is -2.23. The molecule has 10 nitrogen and oxygen atoms in total. The van der Waals surface area contributed by atoms with Crippen molar-refractivity contribution in [2.75, 3.05) is 0 Å². The van der Waals surface area contributed by atoms with E-state index < -0.39 is 47.9 Å². The maximum absolute atomic E-state index is 12.5. The summed E-state index contributed by atoms with van der Waals surface area (Å²) in [5.41, 5.74) is -0.104. The van der Waals surface area contributed by atoms with Gasteiger partial charge in [0.25, 0.3) is 11.8 Å². The average Bonchev–Trinajstić information content (AvgIpc) is 2.97. The zero-order chi connectivity index (χ0) is 22.3. The molecule has 2 rings (SSSR count). The van der Waals surface area contributed by atoms with Crippen molar-refractivity contribution in [3.8, 4) is 0 Å². The number of rotatable bonds is 7. The van der Waals surface area contributed by atoms with Gasteiger partial charge in [-0.15, -0.1) is 5.06 Å². The molecule has 1 N–H and O–H groups in total. The molecule has 1 heterocycles. The van der Waals surface area contributed by atoms with Crippen molar-refractivity contribution in [1.29, 1.82) is 0 Å². The number of hydrogen-bond donors (Lipinski definition) is 1. The summed E-state index contributed by atoms with van der Waals surface area (Å²) in [6.45, 7) is 4.86. The fraction of sp³-hybridized carbons (Fsp3) is 0.450. The Morgan fingerprint density at radius 1 is 1.07 bits per heavy atom. The quantitative estimate of drug-likeness (QED) is 0.521. The van der Waals surface area contributed by atoms with Crippen LogP contribution in [-0.2, 0) is 40.1 Å². The lowest BCUT2D eigenvalue weighted by atomic mass is 10.1. The highest BCUT2D eigenvalue weighted by molar-refractivity contribution is 6.02. The molecule has 1 atom stereocenters. The number of imide groups is 1. The number of hydroxylamine groups is 2. The van der Waals surface area contributed by atoms with E-state index in [1.54, 1.807) is 51.1 Å². The lowest BCUT2D eigenvalue weighted by Crippen LogP contribution is -2.47. The van der Waals surface area contributed by atoms with Crippen LogP contribution >= 0.6 is 0 Å². The molecule has 1 aromatic rings. The molecule has 0 spiro atoms. The molecule has 162 valence electrons. The van der Waals surface area contributed by atoms with E-state index in [0.29, 0.717) is 10.6 Å². The molecule has 1 aromatic carbocycles. The predicted molar refractivity (Wildman–Crippen MR) is 101 cm³/mol. The molecule has 10 heteroatoms. The fourth-order valence-corrected chi connectivity index (χ4v) is 2.46. The van der Waals surface area contributed by atoms with Crippen LogP contribution in [0.4, 0.5) is 4.79 Å². The predicted octanol–water partition coefficient (Wildman–Crippen LogP) is 1.62. The molecule has 3 amide bonds. The van der Waals surface area contributed by atoms with E-state index >= 15 is 0 Å². The first-order valence-corrected chi connectivity index (χ1v) is 9.32. The number of hydrogen-bond acceptors (Lipinski definition) is 8. The molecule has 1 aliphatic heterocycles. The van der Waals surface area contributed by atoms with Gasteiger partial charge in [0.1, 0.15) is 18.2 Å². The third-order valence-corrected chi connectivity index (χ3v) is 3.77. The van der Waals surface area contributed by atoms with Crippen LogP contribution < -0.4 is 5.32 Å². The van der Waals surface area contributed by atoms with E-state index in [2.05, 4.69) is 5.32 Å². The Morgan fingerprint density at radius 3 is 2.23 bits per heavy atom. The van der Waals surface area contributed by atoms with E-state index in [0.717, 1.165) is 0 Å². The van der Waals surface area contributed by atoms with Gasteiger partial charge in [-0.05, 0) is 26.3 Å². The Labute approximate surface area is 173 Å². The maximum Gasteiger partial charge on any atom is 0.408 e. The zero-order valence-corrected chi connectivity index (χ0v) is 17.0. The van der Waals surface area contributed by atoms with E-state index in [-0.39, 0.29) is 19.4 Å². The number of esters is 1. The third kappa shape index (κ3) is 7.19. The minimum absolute atomic E-state index is 0.0655. The summed E-state index contributed by atoms with van der Waals surface area (Å²) in [6.07, 6.45) is -1.74. The van der Waals surface area contributed by atoms with E-state index in [4.69, 9.17) is 14.3 Å². The van der Waals surface area contributed by atoms with Crippen LogP contribution in [0, 0.1) is 0 Å².